The van der Waals surface area contributed by atoms with Gasteiger partial charge in [-0.2, -0.15) is 0 Å². The molecule has 78 valence electrons. The van der Waals surface area contributed by atoms with Crippen molar-refractivity contribution in [3.05, 3.63) is 51.5 Å². The zero-order chi connectivity index (χ0) is 10.7. The van der Waals surface area contributed by atoms with Gasteiger partial charge in [-0.25, -0.2) is 4.98 Å². The lowest BCUT2D eigenvalue weighted by molar-refractivity contribution is 0.881. The summed E-state index contributed by atoms with van der Waals surface area (Å²) in [4.78, 5) is 7.27. The lowest BCUT2D eigenvalue weighted by Gasteiger charge is -2.03. The molecule has 0 aliphatic rings. The Morgan fingerprint density at radius 3 is 2.87 bits per heavy atom. The maximum Gasteiger partial charge on any atom is 0.106 e. The first-order valence-corrected chi connectivity index (χ1v) is 5.85. The Balaban J connectivity index is 2.05. The average molecular weight is 286 g/mol. The van der Waals surface area contributed by atoms with Crippen molar-refractivity contribution in [1.82, 2.24) is 9.97 Å². The molecule has 0 bridgehead atoms. The number of aryl methyl sites for hydroxylation is 2. The summed E-state index contributed by atoms with van der Waals surface area (Å²) >= 11 is 9.36. The molecule has 0 unspecified atom stereocenters. The number of rotatable bonds is 3. The van der Waals surface area contributed by atoms with Gasteiger partial charge in [-0.1, -0.05) is 33.6 Å². The fraction of sp³-hybridized carbons (Fsp3) is 0.182. The summed E-state index contributed by atoms with van der Waals surface area (Å²) in [5.41, 5.74) is 1.25. The standard InChI is InChI=1S/C11H10BrClN2/c12-10-7-9(13)3-1-8(10)2-4-11-14-5-6-15-11/h1,3,5-7H,2,4H2,(H,14,15). The minimum atomic E-state index is 0.753. The normalized spacial score (nSPS) is 10.5. The van der Waals surface area contributed by atoms with E-state index in [0.717, 1.165) is 28.2 Å². The van der Waals surface area contributed by atoms with Crippen molar-refractivity contribution < 1.29 is 0 Å². The molecule has 0 saturated carbocycles. The number of aromatic nitrogens is 2. The van der Waals surface area contributed by atoms with E-state index in [1.165, 1.54) is 5.56 Å². The summed E-state index contributed by atoms with van der Waals surface area (Å²) in [5.74, 6) is 1.01. The first kappa shape index (κ1) is 10.7. The van der Waals surface area contributed by atoms with Crippen LogP contribution in [0, 0.1) is 0 Å². The molecular weight excluding hydrogens is 275 g/mol. The summed E-state index contributed by atoms with van der Waals surface area (Å²) in [6, 6.07) is 5.86. The predicted octanol–water partition coefficient (Wildman–Crippen LogP) is 3.61. The quantitative estimate of drug-likeness (QED) is 0.917. The topological polar surface area (TPSA) is 28.7 Å². The number of aromatic amines is 1. The zero-order valence-electron chi connectivity index (χ0n) is 8.00. The lowest BCUT2D eigenvalue weighted by atomic mass is 10.1. The Kier molecular flexibility index (Phi) is 3.44. The Bertz CT molecular complexity index is 440. The molecule has 0 spiro atoms. The molecule has 0 aliphatic heterocycles. The minimum absolute atomic E-state index is 0.753. The van der Waals surface area contributed by atoms with Gasteiger partial charge in [0.2, 0.25) is 0 Å². The van der Waals surface area contributed by atoms with Crippen LogP contribution in [0.4, 0.5) is 0 Å². The molecule has 2 nitrogen and oxygen atoms in total. The van der Waals surface area contributed by atoms with Crippen LogP contribution in [0.15, 0.2) is 35.1 Å². The van der Waals surface area contributed by atoms with Gasteiger partial charge in [0.25, 0.3) is 0 Å². The molecule has 0 atom stereocenters. The Hall–Kier alpha value is -0.800. The molecule has 0 amide bonds. The third kappa shape index (κ3) is 2.83. The third-order valence-corrected chi connectivity index (χ3v) is 3.17. The van der Waals surface area contributed by atoms with E-state index in [9.17, 15) is 0 Å². The number of nitrogens with zero attached hydrogens (tertiary/aromatic N) is 1. The highest BCUT2D eigenvalue weighted by molar-refractivity contribution is 9.10. The van der Waals surface area contributed by atoms with Crippen LogP contribution >= 0.6 is 27.5 Å². The maximum absolute atomic E-state index is 5.87. The number of benzene rings is 1. The van der Waals surface area contributed by atoms with Crippen LogP contribution in [0.5, 0.6) is 0 Å². The second-order valence-corrected chi connectivity index (χ2v) is 4.56. The van der Waals surface area contributed by atoms with Crippen molar-refractivity contribution >= 4 is 27.5 Å². The van der Waals surface area contributed by atoms with Gasteiger partial charge in [0.1, 0.15) is 5.82 Å². The van der Waals surface area contributed by atoms with E-state index in [-0.39, 0.29) is 0 Å². The Labute approximate surface area is 102 Å². The monoisotopic (exact) mass is 284 g/mol. The van der Waals surface area contributed by atoms with E-state index in [2.05, 4.69) is 25.9 Å². The molecule has 0 radical (unpaired) electrons. The van der Waals surface area contributed by atoms with Crippen LogP contribution < -0.4 is 0 Å². The highest BCUT2D eigenvalue weighted by atomic mass is 79.9. The highest BCUT2D eigenvalue weighted by Crippen LogP contribution is 2.22. The van der Waals surface area contributed by atoms with Crippen LogP contribution in [-0.2, 0) is 12.8 Å². The second kappa shape index (κ2) is 4.81. The molecule has 1 N–H and O–H groups in total. The van der Waals surface area contributed by atoms with Crippen molar-refractivity contribution in [2.24, 2.45) is 0 Å². The second-order valence-electron chi connectivity index (χ2n) is 3.27. The summed E-state index contributed by atoms with van der Waals surface area (Å²) in [6.45, 7) is 0. The summed E-state index contributed by atoms with van der Waals surface area (Å²) in [7, 11) is 0. The molecule has 4 heteroatoms. The van der Waals surface area contributed by atoms with Crippen molar-refractivity contribution in [1.29, 1.82) is 0 Å². The number of imidazole rings is 1. The maximum atomic E-state index is 5.87. The fourth-order valence-electron chi connectivity index (χ4n) is 1.41. The van der Waals surface area contributed by atoms with E-state index >= 15 is 0 Å². The van der Waals surface area contributed by atoms with Crippen molar-refractivity contribution in [3.8, 4) is 0 Å². The number of nitrogens with one attached hydrogen (secondary N) is 1. The molecule has 0 saturated heterocycles. The highest BCUT2D eigenvalue weighted by Gasteiger charge is 2.02. The fourth-order valence-corrected chi connectivity index (χ4v) is 2.29. The third-order valence-electron chi connectivity index (χ3n) is 2.20. The number of halogens is 2. The Morgan fingerprint density at radius 1 is 1.33 bits per heavy atom. The molecule has 2 aromatic rings. The number of hydrogen-bond donors (Lipinski definition) is 1. The van der Waals surface area contributed by atoms with E-state index in [1.807, 2.05) is 24.4 Å². The number of H-pyrrole nitrogens is 1. The molecule has 15 heavy (non-hydrogen) atoms. The first-order chi connectivity index (χ1) is 7.25. The van der Waals surface area contributed by atoms with Crippen molar-refractivity contribution in [2.75, 3.05) is 0 Å². The predicted molar refractivity (Wildman–Crippen MR) is 65.1 cm³/mol. The molecule has 2 rings (SSSR count). The van der Waals surface area contributed by atoms with Gasteiger partial charge in [0.05, 0.1) is 0 Å². The van der Waals surface area contributed by atoms with E-state index in [1.54, 1.807) is 6.20 Å². The van der Waals surface area contributed by atoms with Gasteiger partial charge in [-0.3, -0.25) is 0 Å². The molecule has 1 heterocycles. The molecule has 1 aromatic heterocycles. The SMILES string of the molecule is Clc1ccc(CCc2ncc[nH]2)c(Br)c1. The van der Waals surface area contributed by atoms with Crippen LogP contribution in [-0.4, -0.2) is 9.97 Å². The summed E-state index contributed by atoms with van der Waals surface area (Å²) in [6.07, 6.45) is 5.47. The average Bonchev–Trinajstić information content (AvgIpc) is 2.69. The van der Waals surface area contributed by atoms with Crippen molar-refractivity contribution in [3.63, 3.8) is 0 Å². The van der Waals surface area contributed by atoms with E-state index in [4.69, 9.17) is 11.6 Å². The van der Waals surface area contributed by atoms with Crippen LogP contribution in [0.25, 0.3) is 0 Å². The zero-order valence-corrected chi connectivity index (χ0v) is 10.3. The summed E-state index contributed by atoms with van der Waals surface area (Å²) < 4.78 is 1.06. The van der Waals surface area contributed by atoms with Crippen LogP contribution in [0.2, 0.25) is 5.02 Å². The van der Waals surface area contributed by atoms with Gasteiger partial charge >= 0.3 is 0 Å². The lowest BCUT2D eigenvalue weighted by Crippen LogP contribution is -1.94. The molecular formula is C11H10BrClN2. The number of hydrogen-bond acceptors (Lipinski definition) is 1. The largest absolute Gasteiger partial charge is 0.349 e. The Morgan fingerprint density at radius 2 is 2.20 bits per heavy atom. The van der Waals surface area contributed by atoms with Crippen LogP contribution in [0.3, 0.4) is 0 Å². The first-order valence-electron chi connectivity index (χ1n) is 4.68. The molecule has 0 aliphatic carbocycles. The smallest absolute Gasteiger partial charge is 0.106 e. The van der Waals surface area contributed by atoms with E-state index < -0.39 is 0 Å². The summed E-state index contributed by atoms with van der Waals surface area (Å²) in [5, 5.41) is 0.753. The molecule has 0 fully saturated rings. The van der Waals surface area contributed by atoms with Crippen molar-refractivity contribution in [2.45, 2.75) is 12.8 Å². The van der Waals surface area contributed by atoms with Crippen LogP contribution in [0.1, 0.15) is 11.4 Å². The van der Waals surface area contributed by atoms with E-state index in [0.29, 0.717) is 0 Å². The van der Waals surface area contributed by atoms with Gasteiger partial charge in [-0.05, 0) is 24.1 Å². The van der Waals surface area contributed by atoms with Gasteiger partial charge < -0.3 is 4.98 Å². The molecule has 1 aromatic carbocycles. The van der Waals surface area contributed by atoms with Gasteiger partial charge in [-0.15, -0.1) is 0 Å². The van der Waals surface area contributed by atoms with Gasteiger partial charge in [0.15, 0.2) is 0 Å². The van der Waals surface area contributed by atoms with Gasteiger partial charge in [0, 0.05) is 28.3 Å². The minimum Gasteiger partial charge on any atom is -0.349 e.